The van der Waals surface area contributed by atoms with Crippen LogP contribution >= 0.6 is 11.8 Å². The van der Waals surface area contributed by atoms with Crippen LogP contribution < -0.4 is 5.73 Å². The molecule has 0 aliphatic carbocycles. The number of benzene rings is 1. The number of nitrogens with two attached hydrogens (primary N) is 1. The van der Waals surface area contributed by atoms with Gasteiger partial charge in [-0.3, -0.25) is 9.69 Å². The van der Waals surface area contributed by atoms with E-state index in [0.717, 1.165) is 16.7 Å². The Morgan fingerprint density at radius 1 is 1.32 bits per heavy atom. The number of hydrogen-bond acceptors (Lipinski definition) is 7. The van der Waals surface area contributed by atoms with Crippen LogP contribution in [0.25, 0.3) is 0 Å². The molecule has 2 aliphatic rings. The largest absolute Gasteiger partial charge is 0.463 e. The van der Waals surface area contributed by atoms with Gasteiger partial charge in [0.25, 0.3) is 0 Å². The molecule has 0 bridgehead atoms. The summed E-state index contributed by atoms with van der Waals surface area (Å²) in [5.74, 6) is -1.06. The smallest absolute Gasteiger partial charge is 0.337 e. The number of nitrogens with zero attached hydrogens (tertiary/aromatic N) is 1. The Morgan fingerprint density at radius 2 is 2.00 bits per heavy atom. The molecule has 1 fully saturated rings. The van der Waals surface area contributed by atoms with Crippen LogP contribution in [0.3, 0.4) is 0 Å². The van der Waals surface area contributed by atoms with Crippen LogP contribution in [0.5, 0.6) is 0 Å². The van der Waals surface area contributed by atoms with Gasteiger partial charge in [-0.05, 0) is 19.1 Å². The molecule has 0 saturated carbocycles. The zero-order chi connectivity index (χ0) is 18.2. The van der Waals surface area contributed by atoms with Crippen molar-refractivity contribution in [2.75, 3.05) is 12.4 Å². The third-order valence-corrected chi connectivity index (χ3v) is 6.80. The number of amides is 1. The van der Waals surface area contributed by atoms with E-state index in [9.17, 15) is 18.0 Å². The van der Waals surface area contributed by atoms with Crippen LogP contribution in [0.15, 0.2) is 56.6 Å². The number of thioether (sulfide) groups is 1. The Bertz CT molecular complexity index is 904. The Balaban J connectivity index is 2.12. The number of fused-ring (bicyclic) bond motifs is 1. The van der Waals surface area contributed by atoms with Gasteiger partial charge in [0.15, 0.2) is 0 Å². The molecule has 25 heavy (non-hydrogen) atoms. The standard InChI is InChI=1S/C16H16N2O5S2/c1-2-23-16(20)11-8-12(14(17)18-13(19)9-24-15(11)18)25(21,22)10-6-4-3-5-7-10/h3-7H,2,8-9,17H2,1H3. The van der Waals surface area contributed by atoms with Crippen LogP contribution in [0.1, 0.15) is 13.3 Å². The molecule has 1 saturated heterocycles. The average Bonchev–Trinajstić information content (AvgIpc) is 2.98. The Morgan fingerprint density at radius 3 is 2.64 bits per heavy atom. The summed E-state index contributed by atoms with van der Waals surface area (Å²) in [7, 11) is -3.95. The van der Waals surface area contributed by atoms with E-state index >= 15 is 0 Å². The third kappa shape index (κ3) is 2.93. The Labute approximate surface area is 149 Å². The third-order valence-electron chi connectivity index (χ3n) is 3.81. The lowest BCUT2D eigenvalue weighted by Gasteiger charge is -2.27. The number of hydrogen-bond donors (Lipinski definition) is 1. The minimum atomic E-state index is -3.95. The van der Waals surface area contributed by atoms with Crippen molar-refractivity contribution in [3.05, 3.63) is 51.7 Å². The molecule has 2 heterocycles. The van der Waals surface area contributed by atoms with Crippen LogP contribution in [-0.4, -0.2) is 37.6 Å². The predicted octanol–water partition coefficient (Wildman–Crippen LogP) is 1.34. The van der Waals surface area contributed by atoms with Crippen LogP contribution in [0.2, 0.25) is 0 Å². The fourth-order valence-electron chi connectivity index (χ4n) is 2.64. The quantitative estimate of drug-likeness (QED) is 0.786. The van der Waals surface area contributed by atoms with Gasteiger partial charge in [-0.2, -0.15) is 0 Å². The highest BCUT2D eigenvalue weighted by Gasteiger charge is 2.42. The summed E-state index contributed by atoms with van der Waals surface area (Å²) < 4.78 is 30.9. The Hall–Kier alpha value is -2.26. The summed E-state index contributed by atoms with van der Waals surface area (Å²) in [6.45, 7) is 1.80. The molecule has 0 spiro atoms. The first-order valence-electron chi connectivity index (χ1n) is 7.52. The van der Waals surface area contributed by atoms with Gasteiger partial charge in [0.2, 0.25) is 15.7 Å². The molecule has 1 aromatic carbocycles. The highest BCUT2D eigenvalue weighted by atomic mass is 32.2. The van der Waals surface area contributed by atoms with Crippen LogP contribution in [-0.2, 0) is 24.2 Å². The molecule has 0 aromatic heterocycles. The van der Waals surface area contributed by atoms with Crippen molar-refractivity contribution in [3.63, 3.8) is 0 Å². The van der Waals surface area contributed by atoms with Crippen LogP contribution in [0.4, 0.5) is 0 Å². The van der Waals surface area contributed by atoms with Gasteiger partial charge >= 0.3 is 5.97 Å². The molecule has 0 radical (unpaired) electrons. The second-order valence-corrected chi connectivity index (χ2v) is 8.26. The molecule has 0 atom stereocenters. The van der Waals surface area contributed by atoms with Crippen molar-refractivity contribution in [2.45, 2.75) is 18.2 Å². The summed E-state index contributed by atoms with van der Waals surface area (Å²) in [6, 6.07) is 7.77. The first kappa shape index (κ1) is 17.6. The lowest BCUT2D eigenvalue weighted by Crippen LogP contribution is -2.36. The SMILES string of the molecule is CCOC(=O)C1=C2SCC(=O)N2C(N)=C(S(=O)(=O)c2ccccc2)C1. The van der Waals surface area contributed by atoms with Gasteiger partial charge in [0.1, 0.15) is 5.82 Å². The minimum absolute atomic E-state index is 0.0545. The maximum atomic E-state index is 13.0. The van der Waals surface area contributed by atoms with E-state index in [1.165, 1.54) is 12.1 Å². The van der Waals surface area contributed by atoms with E-state index in [1.54, 1.807) is 25.1 Å². The maximum Gasteiger partial charge on any atom is 0.337 e. The van der Waals surface area contributed by atoms with E-state index < -0.39 is 15.8 Å². The van der Waals surface area contributed by atoms with Gasteiger partial charge in [0.05, 0.1) is 32.8 Å². The van der Waals surface area contributed by atoms with Crippen molar-refractivity contribution < 1.29 is 22.7 Å². The van der Waals surface area contributed by atoms with Gasteiger partial charge in [-0.1, -0.05) is 30.0 Å². The normalized spacial score (nSPS) is 17.8. The topological polar surface area (TPSA) is 107 Å². The fourth-order valence-corrected chi connectivity index (χ4v) is 5.19. The number of carbonyl (C=O) groups excluding carboxylic acids is 2. The van der Waals surface area contributed by atoms with Gasteiger partial charge < -0.3 is 10.5 Å². The second-order valence-electron chi connectivity index (χ2n) is 5.32. The van der Waals surface area contributed by atoms with Crippen molar-refractivity contribution in [1.29, 1.82) is 0 Å². The number of esters is 1. The molecule has 132 valence electrons. The molecular formula is C16H16N2O5S2. The van der Waals surface area contributed by atoms with Crippen molar-refractivity contribution in [2.24, 2.45) is 5.73 Å². The number of sulfone groups is 1. The molecule has 0 unspecified atom stereocenters. The van der Waals surface area contributed by atoms with E-state index in [4.69, 9.17) is 10.5 Å². The molecular weight excluding hydrogens is 364 g/mol. The van der Waals surface area contributed by atoms with Gasteiger partial charge in [0, 0.05) is 6.42 Å². The van der Waals surface area contributed by atoms with Crippen LogP contribution in [0, 0.1) is 0 Å². The summed E-state index contributed by atoms with van der Waals surface area (Å²) in [6.07, 6.45) is -0.200. The van der Waals surface area contributed by atoms with Gasteiger partial charge in [-0.25, -0.2) is 13.2 Å². The zero-order valence-corrected chi connectivity index (χ0v) is 15.0. The van der Waals surface area contributed by atoms with E-state index in [2.05, 4.69) is 0 Å². The monoisotopic (exact) mass is 380 g/mol. The fraction of sp³-hybridized carbons (Fsp3) is 0.250. The lowest BCUT2D eigenvalue weighted by molar-refractivity contribution is -0.138. The Kier molecular flexibility index (Phi) is 4.61. The first-order chi connectivity index (χ1) is 11.9. The molecule has 9 heteroatoms. The number of ether oxygens (including phenoxy) is 1. The molecule has 1 aromatic rings. The molecule has 7 nitrogen and oxygen atoms in total. The van der Waals surface area contributed by atoms with Crippen molar-refractivity contribution in [3.8, 4) is 0 Å². The molecule has 2 aliphatic heterocycles. The molecule has 3 rings (SSSR count). The van der Waals surface area contributed by atoms with Gasteiger partial charge in [-0.15, -0.1) is 0 Å². The van der Waals surface area contributed by atoms with E-state index in [1.807, 2.05) is 0 Å². The summed E-state index contributed by atoms with van der Waals surface area (Å²) in [5, 5.41) is 0.355. The number of rotatable bonds is 4. The number of allylic oxidation sites excluding steroid dienone is 1. The van der Waals surface area contributed by atoms with Crippen molar-refractivity contribution >= 4 is 33.5 Å². The zero-order valence-electron chi connectivity index (χ0n) is 13.4. The molecule has 1 amide bonds. The minimum Gasteiger partial charge on any atom is -0.463 e. The predicted molar refractivity (Wildman–Crippen MR) is 92.4 cm³/mol. The van der Waals surface area contributed by atoms with Crippen molar-refractivity contribution in [1.82, 2.24) is 4.90 Å². The molecule has 2 N–H and O–H groups in total. The highest BCUT2D eigenvalue weighted by molar-refractivity contribution is 8.04. The summed E-state index contributed by atoms with van der Waals surface area (Å²) in [4.78, 5) is 25.4. The highest BCUT2D eigenvalue weighted by Crippen LogP contribution is 2.42. The van der Waals surface area contributed by atoms with E-state index in [-0.39, 0.29) is 45.9 Å². The lowest BCUT2D eigenvalue weighted by atomic mass is 10.1. The number of carbonyl (C=O) groups is 2. The maximum absolute atomic E-state index is 13.0. The first-order valence-corrected chi connectivity index (χ1v) is 9.99. The second kappa shape index (κ2) is 6.57. The average molecular weight is 380 g/mol. The summed E-state index contributed by atoms with van der Waals surface area (Å²) in [5.41, 5.74) is 6.16. The van der Waals surface area contributed by atoms with E-state index in [0.29, 0.717) is 5.03 Å². The summed E-state index contributed by atoms with van der Waals surface area (Å²) >= 11 is 1.16.